The van der Waals surface area contributed by atoms with Crippen LogP contribution in [0.3, 0.4) is 0 Å². The van der Waals surface area contributed by atoms with Gasteiger partial charge in [-0.3, -0.25) is 4.79 Å². The van der Waals surface area contributed by atoms with Gasteiger partial charge in [0.05, 0.1) is 23.0 Å². The van der Waals surface area contributed by atoms with Crippen LogP contribution in [0.1, 0.15) is 58.8 Å². The number of hydrogen-bond acceptors (Lipinski definition) is 4. The van der Waals surface area contributed by atoms with Gasteiger partial charge >= 0.3 is 0 Å². The Balaban J connectivity index is 1.63. The van der Waals surface area contributed by atoms with Crippen molar-refractivity contribution in [1.82, 2.24) is 10.4 Å². The second-order valence-electron chi connectivity index (χ2n) is 7.86. The highest BCUT2D eigenvalue weighted by molar-refractivity contribution is 7.13. The molecule has 0 radical (unpaired) electrons. The zero-order valence-corrected chi connectivity index (χ0v) is 19.4. The summed E-state index contributed by atoms with van der Waals surface area (Å²) in [6.07, 6.45) is 3.79. The number of aryl methyl sites for hydroxylation is 1. The lowest BCUT2D eigenvalue weighted by Crippen LogP contribution is -2.18. The molecule has 0 fully saturated rings. The van der Waals surface area contributed by atoms with Crippen LogP contribution >= 0.6 is 11.3 Å². The quantitative estimate of drug-likeness (QED) is 0.253. The van der Waals surface area contributed by atoms with E-state index < -0.39 is 0 Å². The Labute approximate surface area is 193 Å². The Morgan fingerprint density at radius 2 is 1.88 bits per heavy atom. The maximum atomic E-state index is 13.0. The number of carbonyl (C=O) groups excluding carboxylic acids is 1. The number of pyridine rings is 1. The molecule has 2 heterocycles. The molecule has 0 saturated heterocycles. The van der Waals surface area contributed by atoms with E-state index in [1.54, 1.807) is 17.6 Å². The van der Waals surface area contributed by atoms with Gasteiger partial charge in [0.2, 0.25) is 0 Å². The molecule has 1 unspecified atom stereocenters. The number of hydrazone groups is 1. The first-order valence-electron chi connectivity index (χ1n) is 11.0. The van der Waals surface area contributed by atoms with Crippen molar-refractivity contribution < 1.29 is 4.79 Å². The third-order valence-electron chi connectivity index (χ3n) is 5.74. The molecule has 0 aliphatic rings. The molecular weight excluding hydrogens is 414 g/mol. The summed E-state index contributed by atoms with van der Waals surface area (Å²) in [6.45, 7) is 6.54. The van der Waals surface area contributed by atoms with Gasteiger partial charge in [0, 0.05) is 20.7 Å². The fourth-order valence-corrected chi connectivity index (χ4v) is 4.42. The van der Waals surface area contributed by atoms with E-state index >= 15 is 0 Å². The number of para-hydroxylation sites is 1. The number of carbonyl (C=O) groups is 1. The van der Waals surface area contributed by atoms with E-state index in [4.69, 9.17) is 4.98 Å². The summed E-state index contributed by atoms with van der Waals surface area (Å²) in [5, 5.41) is 4.99. The number of fused-ring (bicyclic) bond motifs is 1. The highest BCUT2D eigenvalue weighted by Gasteiger charge is 2.14. The Morgan fingerprint density at radius 3 is 2.59 bits per heavy atom. The van der Waals surface area contributed by atoms with Crippen molar-refractivity contribution in [2.75, 3.05) is 0 Å². The lowest BCUT2D eigenvalue weighted by Gasteiger charge is -2.11. The largest absolute Gasteiger partial charge is 0.272 e. The molecule has 5 heteroatoms. The molecule has 2 aromatic heterocycles. The maximum absolute atomic E-state index is 13.0. The van der Waals surface area contributed by atoms with Crippen molar-refractivity contribution in [3.8, 4) is 11.3 Å². The number of rotatable bonds is 7. The molecule has 162 valence electrons. The zero-order valence-electron chi connectivity index (χ0n) is 18.6. The van der Waals surface area contributed by atoms with Gasteiger partial charge in [0.25, 0.3) is 5.91 Å². The fourth-order valence-electron chi connectivity index (χ4n) is 3.60. The Hall–Kier alpha value is -3.31. The molecular formula is C27H27N3OS. The predicted octanol–water partition coefficient (Wildman–Crippen LogP) is 6.80. The lowest BCUT2D eigenvalue weighted by molar-refractivity contribution is 0.0956. The van der Waals surface area contributed by atoms with Crippen molar-refractivity contribution in [2.45, 2.75) is 39.5 Å². The number of nitrogens with one attached hydrogen (secondary N) is 1. The van der Waals surface area contributed by atoms with E-state index in [0.717, 1.165) is 39.9 Å². The number of amides is 1. The smallest absolute Gasteiger partial charge is 0.267 e. The molecule has 4 rings (SSSR count). The first kappa shape index (κ1) is 21.9. The summed E-state index contributed by atoms with van der Waals surface area (Å²) in [5.74, 6) is 0.272. The minimum Gasteiger partial charge on any atom is -0.267 e. The molecule has 1 N–H and O–H groups in total. The van der Waals surface area contributed by atoms with Crippen LogP contribution in [0.5, 0.6) is 0 Å². The minimum absolute atomic E-state index is 0.246. The summed E-state index contributed by atoms with van der Waals surface area (Å²) in [6, 6.07) is 22.1. The zero-order chi connectivity index (χ0) is 22.5. The van der Waals surface area contributed by atoms with E-state index in [-0.39, 0.29) is 5.91 Å². The van der Waals surface area contributed by atoms with Crippen LogP contribution in [0, 0.1) is 0 Å². The number of hydrogen-bond donors (Lipinski definition) is 1. The molecule has 0 bridgehead atoms. The van der Waals surface area contributed by atoms with E-state index in [1.165, 1.54) is 10.4 Å². The average Bonchev–Trinajstić information content (AvgIpc) is 3.31. The number of nitrogens with zero attached hydrogens (tertiary/aromatic N) is 2. The SMILES string of the molecule is CCc1ccc(/C=N/NC(=O)c2cc(-c3ccc(C(C)CC)cc3)nc3ccccc23)s1. The van der Waals surface area contributed by atoms with Crippen molar-refractivity contribution >= 4 is 34.4 Å². The molecule has 0 aliphatic heterocycles. The maximum Gasteiger partial charge on any atom is 0.272 e. The summed E-state index contributed by atoms with van der Waals surface area (Å²) in [4.78, 5) is 20.1. The normalized spacial score (nSPS) is 12.3. The van der Waals surface area contributed by atoms with Crippen molar-refractivity contribution in [1.29, 1.82) is 0 Å². The van der Waals surface area contributed by atoms with E-state index in [0.29, 0.717) is 11.5 Å². The van der Waals surface area contributed by atoms with Crippen LogP contribution < -0.4 is 5.43 Å². The number of thiophene rings is 1. The van der Waals surface area contributed by atoms with Gasteiger partial charge in [-0.15, -0.1) is 11.3 Å². The van der Waals surface area contributed by atoms with E-state index in [1.807, 2.05) is 36.4 Å². The second-order valence-corrected chi connectivity index (χ2v) is 9.06. The van der Waals surface area contributed by atoms with Crippen LogP contribution in [0.2, 0.25) is 0 Å². The van der Waals surface area contributed by atoms with Crippen molar-refractivity contribution in [3.63, 3.8) is 0 Å². The van der Waals surface area contributed by atoms with E-state index in [2.05, 4.69) is 61.6 Å². The monoisotopic (exact) mass is 441 g/mol. The van der Waals surface area contributed by atoms with Crippen molar-refractivity contribution in [2.24, 2.45) is 5.10 Å². The third kappa shape index (κ3) is 4.78. The number of aromatic nitrogens is 1. The van der Waals surface area contributed by atoms with Crippen LogP contribution in [0.15, 0.2) is 71.8 Å². The Bertz CT molecular complexity index is 1260. The first-order valence-corrected chi connectivity index (χ1v) is 11.8. The molecule has 1 amide bonds. The van der Waals surface area contributed by atoms with E-state index in [9.17, 15) is 4.79 Å². The molecule has 0 aliphatic carbocycles. The van der Waals surface area contributed by atoms with Crippen LogP contribution in [0.4, 0.5) is 0 Å². The molecule has 0 saturated carbocycles. The van der Waals surface area contributed by atoms with Gasteiger partial charge in [-0.05, 0) is 48.6 Å². The topological polar surface area (TPSA) is 54.4 Å². The lowest BCUT2D eigenvalue weighted by atomic mass is 9.96. The molecule has 32 heavy (non-hydrogen) atoms. The molecule has 4 nitrogen and oxygen atoms in total. The number of benzene rings is 2. The average molecular weight is 442 g/mol. The minimum atomic E-state index is -0.246. The first-order chi connectivity index (χ1) is 15.6. The Morgan fingerprint density at radius 1 is 1.09 bits per heavy atom. The van der Waals surface area contributed by atoms with Gasteiger partial charge in [0.1, 0.15) is 0 Å². The van der Waals surface area contributed by atoms with Crippen LogP contribution in [-0.4, -0.2) is 17.1 Å². The van der Waals surface area contributed by atoms with Gasteiger partial charge < -0.3 is 0 Å². The summed E-state index contributed by atoms with van der Waals surface area (Å²) >= 11 is 1.68. The Kier molecular flexibility index (Phi) is 6.76. The molecule has 2 aromatic carbocycles. The molecule has 1 atom stereocenters. The third-order valence-corrected chi connectivity index (χ3v) is 6.90. The standard InChI is InChI=1S/C27H27N3OS/c1-4-18(3)19-10-12-20(13-11-19)26-16-24(23-8-6-7-9-25(23)29-26)27(31)30-28-17-22-15-14-21(5-2)32-22/h6-18H,4-5H2,1-3H3,(H,30,31)/b28-17+. The van der Waals surface area contributed by atoms with Crippen LogP contribution in [-0.2, 0) is 6.42 Å². The highest BCUT2D eigenvalue weighted by Crippen LogP contribution is 2.27. The van der Waals surface area contributed by atoms with Gasteiger partial charge in [0.15, 0.2) is 0 Å². The van der Waals surface area contributed by atoms with Gasteiger partial charge in [-0.1, -0.05) is 63.2 Å². The molecule has 0 spiro atoms. The summed E-state index contributed by atoms with van der Waals surface area (Å²) < 4.78 is 0. The molecule has 4 aromatic rings. The fraction of sp³-hybridized carbons (Fsp3) is 0.222. The van der Waals surface area contributed by atoms with Gasteiger partial charge in [-0.2, -0.15) is 5.10 Å². The second kappa shape index (κ2) is 9.88. The predicted molar refractivity (Wildman–Crippen MR) is 135 cm³/mol. The summed E-state index contributed by atoms with van der Waals surface area (Å²) in [5.41, 5.74) is 7.12. The van der Waals surface area contributed by atoms with Crippen molar-refractivity contribution in [3.05, 3.63) is 87.6 Å². The highest BCUT2D eigenvalue weighted by atomic mass is 32.1. The van der Waals surface area contributed by atoms with Crippen LogP contribution in [0.25, 0.3) is 22.2 Å². The van der Waals surface area contributed by atoms with Gasteiger partial charge in [-0.25, -0.2) is 10.4 Å². The summed E-state index contributed by atoms with van der Waals surface area (Å²) in [7, 11) is 0.